The predicted molar refractivity (Wildman–Crippen MR) is 114 cm³/mol. The summed E-state index contributed by atoms with van der Waals surface area (Å²) in [6.45, 7) is 1.09. The van der Waals surface area contributed by atoms with Crippen LogP contribution in [0.15, 0.2) is 53.9 Å². The number of nitrogens with one attached hydrogen (secondary N) is 1. The van der Waals surface area contributed by atoms with E-state index in [1.165, 1.54) is 0 Å². The zero-order valence-corrected chi connectivity index (χ0v) is 16.9. The van der Waals surface area contributed by atoms with E-state index < -0.39 is 0 Å². The van der Waals surface area contributed by atoms with E-state index in [-0.39, 0.29) is 5.91 Å². The van der Waals surface area contributed by atoms with Crippen LogP contribution in [-0.2, 0) is 10.5 Å². The van der Waals surface area contributed by atoms with Crippen molar-refractivity contribution in [1.82, 2.24) is 4.98 Å². The standard InChI is InChI=1S/C21H20N2O3S2/c24-20(22-16-6-7-18-19(12-16)26-10-9-25-18)8-11-27-13-17-14-28-21(23-17)15-4-2-1-3-5-15/h1-7,12,14H,8-11,13H2,(H,22,24). The van der Waals surface area contributed by atoms with Crippen molar-refractivity contribution in [1.29, 1.82) is 0 Å². The summed E-state index contributed by atoms with van der Waals surface area (Å²) < 4.78 is 11.0. The molecule has 0 fully saturated rings. The molecule has 1 amide bonds. The molecule has 0 radical (unpaired) electrons. The average Bonchev–Trinajstić information content (AvgIpc) is 3.21. The number of thioether (sulfide) groups is 1. The Kier molecular flexibility index (Phi) is 6.14. The van der Waals surface area contributed by atoms with Gasteiger partial charge in [-0.05, 0) is 12.1 Å². The molecule has 0 atom stereocenters. The second-order valence-electron chi connectivity index (χ2n) is 6.22. The van der Waals surface area contributed by atoms with Gasteiger partial charge in [-0.1, -0.05) is 30.3 Å². The van der Waals surface area contributed by atoms with E-state index in [2.05, 4.69) is 27.8 Å². The Hall–Kier alpha value is -2.51. The number of ether oxygens (including phenoxy) is 2. The highest BCUT2D eigenvalue weighted by atomic mass is 32.2. The van der Waals surface area contributed by atoms with Crippen LogP contribution < -0.4 is 14.8 Å². The van der Waals surface area contributed by atoms with Gasteiger partial charge < -0.3 is 14.8 Å². The molecule has 0 saturated carbocycles. The quantitative estimate of drug-likeness (QED) is 0.563. The van der Waals surface area contributed by atoms with E-state index >= 15 is 0 Å². The number of thiazole rings is 1. The molecular weight excluding hydrogens is 392 g/mol. The number of nitrogens with zero attached hydrogens (tertiary/aromatic N) is 1. The van der Waals surface area contributed by atoms with Crippen LogP contribution in [0.3, 0.4) is 0 Å². The summed E-state index contributed by atoms with van der Waals surface area (Å²) in [6.07, 6.45) is 0.453. The molecule has 0 spiro atoms. The number of aromatic nitrogens is 1. The number of carbonyl (C=O) groups is 1. The smallest absolute Gasteiger partial charge is 0.225 e. The molecule has 0 bridgehead atoms. The number of rotatable bonds is 7. The van der Waals surface area contributed by atoms with Crippen LogP contribution in [0.1, 0.15) is 12.1 Å². The maximum absolute atomic E-state index is 12.2. The lowest BCUT2D eigenvalue weighted by Crippen LogP contribution is -2.16. The third-order valence-electron chi connectivity index (χ3n) is 4.12. The van der Waals surface area contributed by atoms with Crippen LogP contribution in [0, 0.1) is 0 Å². The average molecular weight is 413 g/mol. The van der Waals surface area contributed by atoms with E-state index in [1.807, 2.05) is 30.3 Å². The SMILES string of the molecule is O=C(CCSCc1csc(-c2ccccc2)n1)Nc1ccc2c(c1)OCCO2. The van der Waals surface area contributed by atoms with Crippen molar-refractivity contribution in [2.75, 3.05) is 24.3 Å². The summed E-state index contributed by atoms with van der Waals surface area (Å²) in [5.74, 6) is 2.94. The van der Waals surface area contributed by atoms with Crippen molar-refractivity contribution in [3.05, 3.63) is 59.6 Å². The van der Waals surface area contributed by atoms with Crippen molar-refractivity contribution in [2.24, 2.45) is 0 Å². The predicted octanol–water partition coefficient (Wildman–Crippen LogP) is 4.84. The van der Waals surface area contributed by atoms with Gasteiger partial charge in [0.25, 0.3) is 0 Å². The van der Waals surface area contributed by atoms with Crippen LogP contribution in [0.25, 0.3) is 10.6 Å². The summed E-state index contributed by atoms with van der Waals surface area (Å²) in [6, 6.07) is 15.6. The van der Waals surface area contributed by atoms with Crippen LogP contribution in [0.2, 0.25) is 0 Å². The number of benzene rings is 2. The highest BCUT2D eigenvalue weighted by Gasteiger charge is 2.13. The molecule has 1 aliphatic rings. The van der Waals surface area contributed by atoms with Crippen molar-refractivity contribution < 1.29 is 14.3 Å². The molecule has 144 valence electrons. The molecule has 0 aliphatic carbocycles. The molecule has 0 saturated heterocycles. The first-order valence-electron chi connectivity index (χ1n) is 9.05. The Morgan fingerprint density at radius 3 is 2.79 bits per heavy atom. The molecule has 2 heterocycles. The van der Waals surface area contributed by atoms with Crippen molar-refractivity contribution in [3.8, 4) is 22.1 Å². The van der Waals surface area contributed by atoms with Crippen molar-refractivity contribution in [2.45, 2.75) is 12.2 Å². The Balaban J connectivity index is 1.21. The Labute approximate surface area is 172 Å². The lowest BCUT2D eigenvalue weighted by Gasteiger charge is -2.19. The molecule has 2 aromatic carbocycles. The Morgan fingerprint density at radius 2 is 1.93 bits per heavy atom. The Bertz CT molecular complexity index is 944. The van der Waals surface area contributed by atoms with Gasteiger partial charge in [0.2, 0.25) is 5.91 Å². The van der Waals surface area contributed by atoms with Crippen LogP contribution in [0.5, 0.6) is 11.5 Å². The van der Waals surface area contributed by atoms with Crippen LogP contribution in [-0.4, -0.2) is 29.9 Å². The molecule has 7 heteroatoms. The third-order valence-corrected chi connectivity index (χ3v) is 6.05. The molecule has 28 heavy (non-hydrogen) atoms. The second kappa shape index (κ2) is 9.12. The molecule has 4 rings (SSSR count). The normalized spacial score (nSPS) is 12.6. The van der Waals surface area contributed by atoms with Gasteiger partial charge in [0.05, 0.1) is 5.69 Å². The van der Waals surface area contributed by atoms with E-state index in [1.54, 1.807) is 29.2 Å². The van der Waals surface area contributed by atoms with Crippen molar-refractivity contribution in [3.63, 3.8) is 0 Å². The number of carbonyl (C=O) groups excluding carboxylic acids is 1. The number of fused-ring (bicyclic) bond motifs is 1. The topological polar surface area (TPSA) is 60.5 Å². The summed E-state index contributed by atoms with van der Waals surface area (Å²) in [7, 11) is 0. The summed E-state index contributed by atoms with van der Waals surface area (Å²) in [5, 5.41) is 6.04. The van der Waals surface area contributed by atoms with Crippen LogP contribution >= 0.6 is 23.1 Å². The second-order valence-corrected chi connectivity index (χ2v) is 8.18. The minimum atomic E-state index is -0.00701. The minimum Gasteiger partial charge on any atom is -0.486 e. The zero-order chi connectivity index (χ0) is 19.2. The summed E-state index contributed by atoms with van der Waals surface area (Å²) >= 11 is 3.37. The maximum atomic E-state index is 12.2. The first-order chi connectivity index (χ1) is 13.8. The fourth-order valence-electron chi connectivity index (χ4n) is 2.77. The first-order valence-corrected chi connectivity index (χ1v) is 11.1. The first kappa shape index (κ1) is 18.8. The lowest BCUT2D eigenvalue weighted by atomic mass is 10.2. The highest BCUT2D eigenvalue weighted by molar-refractivity contribution is 7.98. The van der Waals surface area contributed by atoms with E-state index in [0.29, 0.717) is 25.4 Å². The lowest BCUT2D eigenvalue weighted by molar-refractivity contribution is -0.115. The fourth-order valence-corrected chi connectivity index (χ4v) is 4.54. The summed E-state index contributed by atoms with van der Waals surface area (Å²) in [5.41, 5.74) is 2.93. The molecule has 5 nitrogen and oxygen atoms in total. The molecular formula is C21H20N2O3S2. The number of anilines is 1. The third kappa shape index (κ3) is 4.85. The fraction of sp³-hybridized carbons (Fsp3) is 0.238. The van der Waals surface area contributed by atoms with Gasteiger partial charge in [-0.15, -0.1) is 11.3 Å². The number of hydrogen-bond donors (Lipinski definition) is 1. The van der Waals surface area contributed by atoms with Gasteiger partial charge in [-0.2, -0.15) is 11.8 Å². The van der Waals surface area contributed by atoms with Gasteiger partial charge in [0.1, 0.15) is 18.2 Å². The van der Waals surface area contributed by atoms with Gasteiger partial charge >= 0.3 is 0 Å². The highest BCUT2D eigenvalue weighted by Crippen LogP contribution is 2.32. The van der Waals surface area contributed by atoms with Gasteiger partial charge in [0, 0.05) is 40.6 Å². The van der Waals surface area contributed by atoms with Gasteiger partial charge in [0.15, 0.2) is 11.5 Å². The largest absolute Gasteiger partial charge is 0.486 e. The van der Waals surface area contributed by atoms with E-state index in [0.717, 1.165) is 39.2 Å². The van der Waals surface area contributed by atoms with E-state index in [9.17, 15) is 4.79 Å². The Morgan fingerprint density at radius 1 is 1.11 bits per heavy atom. The maximum Gasteiger partial charge on any atom is 0.225 e. The van der Waals surface area contributed by atoms with Crippen LogP contribution in [0.4, 0.5) is 5.69 Å². The molecule has 0 unspecified atom stereocenters. The number of hydrogen-bond acceptors (Lipinski definition) is 6. The molecule has 1 N–H and O–H groups in total. The van der Waals surface area contributed by atoms with Gasteiger partial charge in [-0.3, -0.25) is 4.79 Å². The number of amides is 1. The molecule has 1 aliphatic heterocycles. The molecule has 3 aromatic rings. The minimum absolute atomic E-state index is 0.00701. The monoisotopic (exact) mass is 412 g/mol. The summed E-state index contributed by atoms with van der Waals surface area (Å²) in [4.78, 5) is 16.8. The zero-order valence-electron chi connectivity index (χ0n) is 15.2. The molecule has 1 aromatic heterocycles. The van der Waals surface area contributed by atoms with Gasteiger partial charge in [-0.25, -0.2) is 4.98 Å². The van der Waals surface area contributed by atoms with Crippen molar-refractivity contribution >= 4 is 34.7 Å². The van der Waals surface area contributed by atoms with E-state index in [4.69, 9.17) is 9.47 Å².